The highest BCUT2D eigenvalue weighted by Crippen LogP contribution is 2.23. The number of hydrogen-bond donors (Lipinski definition) is 1. The Hall–Kier alpha value is -3.52. The fraction of sp³-hybridized carbons (Fsp3) is 0.333. The van der Waals surface area contributed by atoms with Gasteiger partial charge in [0.05, 0.1) is 18.4 Å². The van der Waals surface area contributed by atoms with Crippen molar-refractivity contribution in [1.29, 1.82) is 0 Å². The minimum atomic E-state index is -0.0816. The van der Waals surface area contributed by atoms with E-state index in [4.69, 9.17) is 5.73 Å². The number of aryl methyl sites for hydroxylation is 1. The zero-order valence-electron chi connectivity index (χ0n) is 18.6. The minimum absolute atomic E-state index is 0.0155. The van der Waals surface area contributed by atoms with Crippen molar-refractivity contribution < 1.29 is 4.79 Å². The Labute approximate surface area is 188 Å². The van der Waals surface area contributed by atoms with E-state index in [0.29, 0.717) is 6.54 Å². The molecule has 0 saturated carbocycles. The molecule has 0 bridgehead atoms. The van der Waals surface area contributed by atoms with Gasteiger partial charge in [0.15, 0.2) is 0 Å². The molecule has 3 heterocycles. The van der Waals surface area contributed by atoms with E-state index in [9.17, 15) is 4.79 Å². The summed E-state index contributed by atoms with van der Waals surface area (Å²) in [4.78, 5) is 31.5. The van der Waals surface area contributed by atoms with Crippen molar-refractivity contribution in [2.24, 2.45) is 5.73 Å². The fourth-order valence-corrected chi connectivity index (χ4v) is 3.93. The first-order valence-electron chi connectivity index (χ1n) is 10.8. The Kier molecular flexibility index (Phi) is 6.61. The van der Waals surface area contributed by atoms with Crippen LogP contribution in [0, 0.1) is 6.92 Å². The van der Waals surface area contributed by atoms with Crippen LogP contribution in [0.25, 0.3) is 11.1 Å². The standard InChI is InChI=1S/C24H29N7O/c1-18-6-7-26-16-22(18)30-8-10-31(11-9-30)24-27-14-21(15-28-24)20-5-3-4-19(12-20)17-29(2)23(32)13-25/h3-7,12,14-16H,8-11,13,17,25H2,1-2H3. The third kappa shape index (κ3) is 4.86. The van der Waals surface area contributed by atoms with E-state index >= 15 is 0 Å². The topological polar surface area (TPSA) is 91.5 Å². The Bertz CT molecular complexity index is 1060. The molecule has 2 N–H and O–H groups in total. The number of anilines is 2. The summed E-state index contributed by atoms with van der Waals surface area (Å²) in [6.45, 7) is 6.21. The SMILES string of the molecule is Cc1ccncc1N1CCN(c2ncc(-c3cccc(CN(C)C(=O)CN)c3)cn2)CC1. The fourth-order valence-electron chi connectivity index (χ4n) is 3.93. The molecule has 8 nitrogen and oxygen atoms in total. The van der Waals surface area contributed by atoms with Crippen LogP contribution in [-0.2, 0) is 11.3 Å². The lowest BCUT2D eigenvalue weighted by atomic mass is 10.1. The van der Waals surface area contributed by atoms with Crippen LogP contribution in [0.1, 0.15) is 11.1 Å². The molecule has 1 aromatic carbocycles. The predicted octanol–water partition coefficient (Wildman–Crippen LogP) is 2.09. The number of amides is 1. The molecule has 0 aliphatic carbocycles. The van der Waals surface area contributed by atoms with Gasteiger partial charge in [0.2, 0.25) is 11.9 Å². The molecular weight excluding hydrogens is 402 g/mol. The number of rotatable bonds is 6. The van der Waals surface area contributed by atoms with Crippen LogP contribution in [0.15, 0.2) is 55.1 Å². The molecule has 1 saturated heterocycles. The minimum Gasteiger partial charge on any atom is -0.367 e. The highest BCUT2D eigenvalue weighted by Gasteiger charge is 2.20. The van der Waals surface area contributed by atoms with E-state index in [1.54, 1.807) is 11.9 Å². The first-order chi connectivity index (χ1) is 15.5. The van der Waals surface area contributed by atoms with E-state index in [-0.39, 0.29) is 12.5 Å². The van der Waals surface area contributed by atoms with Crippen LogP contribution >= 0.6 is 0 Å². The molecule has 2 aromatic heterocycles. The average molecular weight is 432 g/mol. The van der Waals surface area contributed by atoms with Crippen molar-refractivity contribution in [3.05, 3.63) is 66.2 Å². The van der Waals surface area contributed by atoms with Gasteiger partial charge in [-0.3, -0.25) is 9.78 Å². The lowest BCUT2D eigenvalue weighted by Crippen LogP contribution is -2.47. The van der Waals surface area contributed by atoms with Gasteiger partial charge in [-0.2, -0.15) is 0 Å². The Morgan fingerprint density at radius 2 is 1.75 bits per heavy atom. The maximum atomic E-state index is 11.7. The van der Waals surface area contributed by atoms with Gasteiger partial charge in [-0.1, -0.05) is 18.2 Å². The summed E-state index contributed by atoms with van der Waals surface area (Å²) in [5, 5.41) is 0. The number of pyridine rings is 1. The first-order valence-corrected chi connectivity index (χ1v) is 10.8. The van der Waals surface area contributed by atoms with Crippen LogP contribution in [0.5, 0.6) is 0 Å². The summed E-state index contributed by atoms with van der Waals surface area (Å²) >= 11 is 0. The number of likely N-dealkylation sites (N-methyl/N-ethyl adjacent to an activating group) is 1. The Balaban J connectivity index is 1.40. The van der Waals surface area contributed by atoms with Gasteiger partial charge >= 0.3 is 0 Å². The molecular formula is C24H29N7O. The summed E-state index contributed by atoms with van der Waals surface area (Å²) in [5.74, 6) is 0.669. The number of hydrogen-bond acceptors (Lipinski definition) is 7. The summed E-state index contributed by atoms with van der Waals surface area (Å²) in [6, 6.07) is 10.1. The van der Waals surface area contributed by atoms with Crippen molar-refractivity contribution >= 4 is 17.5 Å². The summed E-state index contributed by atoms with van der Waals surface area (Å²) < 4.78 is 0. The number of carbonyl (C=O) groups excluding carboxylic acids is 1. The summed E-state index contributed by atoms with van der Waals surface area (Å²) in [7, 11) is 1.76. The molecule has 4 rings (SSSR count). The zero-order valence-corrected chi connectivity index (χ0v) is 18.6. The molecule has 1 aliphatic rings. The van der Waals surface area contributed by atoms with Crippen molar-refractivity contribution in [3.8, 4) is 11.1 Å². The number of benzene rings is 1. The van der Waals surface area contributed by atoms with Crippen molar-refractivity contribution in [1.82, 2.24) is 19.9 Å². The van der Waals surface area contributed by atoms with Gasteiger partial charge in [0.25, 0.3) is 0 Å². The molecule has 32 heavy (non-hydrogen) atoms. The van der Waals surface area contributed by atoms with Crippen LogP contribution < -0.4 is 15.5 Å². The molecule has 0 atom stereocenters. The average Bonchev–Trinajstić information content (AvgIpc) is 2.84. The number of nitrogens with zero attached hydrogens (tertiary/aromatic N) is 6. The van der Waals surface area contributed by atoms with Crippen molar-refractivity contribution in [3.63, 3.8) is 0 Å². The van der Waals surface area contributed by atoms with Gasteiger partial charge in [-0.15, -0.1) is 0 Å². The predicted molar refractivity (Wildman–Crippen MR) is 126 cm³/mol. The molecule has 0 radical (unpaired) electrons. The lowest BCUT2D eigenvalue weighted by molar-refractivity contribution is -0.128. The van der Waals surface area contributed by atoms with Crippen molar-refractivity contribution in [2.75, 3.05) is 49.6 Å². The Morgan fingerprint density at radius 3 is 2.44 bits per heavy atom. The van der Waals surface area contributed by atoms with Crippen LogP contribution in [0.4, 0.5) is 11.6 Å². The zero-order chi connectivity index (χ0) is 22.5. The molecule has 3 aromatic rings. The van der Waals surface area contributed by atoms with Crippen LogP contribution in [0.3, 0.4) is 0 Å². The third-order valence-corrected chi connectivity index (χ3v) is 5.83. The van der Waals surface area contributed by atoms with E-state index < -0.39 is 0 Å². The third-order valence-electron chi connectivity index (χ3n) is 5.83. The lowest BCUT2D eigenvalue weighted by Gasteiger charge is -2.36. The Morgan fingerprint density at radius 1 is 1.03 bits per heavy atom. The molecule has 1 fully saturated rings. The first kappa shape index (κ1) is 21.7. The van der Waals surface area contributed by atoms with E-state index in [1.807, 2.05) is 49.1 Å². The normalized spacial score (nSPS) is 13.8. The van der Waals surface area contributed by atoms with Crippen LogP contribution in [-0.4, -0.2) is 65.5 Å². The molecule has 0 spiro atoms. The number of nitrogens with two attached hydrogens (primary N) is 1. The second-order valence-electron chi connectivity index (χ2n) is 8.06. The van der Waals surface area contributed by atoms with E-state index in [2.05, 4.69) is 37.7 Å². The highest BCUT2D eigenvalue weighted by atomic mass is 16.2. The molecule has 1 amide bonds. The molecule has 1 aliphatic heterocycles. The van der Waals surface area contributed by atoms with Crippen LogP contribution in [0.2, 0.25) is 0 Å². The van der Waals surface area contributed by atoms with Crippen molar-refractivity contribution in [2.45, 2.75) is 13.5 Å². The quantitative estimate of drug-likeness (QED) is 0.639. The van der Waals surface area contributed by atoms with E-state index in [0.717, 1.165) is 48.8 Å². The summed E-state index contributed by atoms with van der Waals surface area (Å²) in [5.41, 5.74) is 10.9. The van der Waals surface area contributed by atoms with Gasteiger partial charge in [-0.05, 0) is 35.7 Å². The largest absolute Gasteiger partial charge is 0.367 e. The van der Waals surface area contributed by atoms with E-state index in [1.165, 1.54) is 11.3 Å². The van der Waals surface area contributed by atoms with Gasteiger partial charge < -0.3 is 20.4 Å². The smallest absolute Gasteiger partial charge is 0.236 e. The monoisotopic (exact) mass is 431 g/mol. The number of carbonyl (C=O) groups is 1. The van der Waals surface area contributed by atoms with Gasteiger partial charge in [0, 0.05) is 63.9 Å². The second kappa shape index (κ2) is 9.74. The summed E-state index contributed by atoms with van der Waals surface area (Å²) in [6.07, 6.45) is 7.51. The number of piperazine rings is 1. The van der Waals surface area contributed by atoms with Gasteiger partial charge in [-0.25, -0.2) is 9.97 Å². The molecule has 166 valence electrons. The number of aromatic nitrogens is 3. The maximum Gasteiger partial charge on any atom is 0.236 e. The van der Waals surface area contributed by atoms with Gasteiger partial charge in [0.1, 0.15) is 0 Å². The maximum absolute atomic E-state index is 11.7. The molecule has 8 heteroatoms. The molecule has 0 unspecified atom stereocenters. The highest BCUT2D eigenvalue weighted by molar-refractivity contribution is 5.77. The second-order valence-corrected chi connectivity index (χ2v) is 8.06.